The molecule has 0 fully saturated rings. The summed E-state index contributed by atoms with van der Waals surface area (Å²) < 4.78 is 0. The summed E-state index contributed by atoms with van der Waals surface area (Å²) in [6.07, 6.45) is 0.825. The van der Waals surface area contributed by atoms with Crippen LogP contribution in [0, 0.1) is 0 Å². The molecule has 3 heteroatoms. The van der Waals surface area contributed by atoms with Crippen LogP contribution < -0.4 is 10.6 Å². The highest BCUT2D eigenvalue weighted by molar-refractivity contribution is 5.93. The third-order valence-corrected chi connectivity index (χ3v) is 3.55. The molecule has 0 aliphatic carbocycles. The molecule has 0 saturated carbocycles. The summed E-state index contributed by atoms with van der Waals surface area (Å²) in [5.74, 6) is 0. The van der Waals surface area contributed by atoms with Crippen LogP contribution in [0.25, 0.3) is 10.8 Å². The number of nitrogens with one attached hydrogen (secondary N) is 2. The van der Waals surface area contributed by atoms with Crippen LogP contribution in [0.2, 0.25) is 0 Å². The molecule has 0 radical (unpaired) electrons. The molecule has 0 saturated heterocycles. The normalized spacial score (nSPS) is 10.4. The van der Waals surface area contributed by atoms with Crippen molar-refractivity contribution in [2.45, 2.75) is 6.42 Å². The Morgan fingerprint density at radius 3 is 2.36 bits per heavy atom. The minimum absolute atomic E-state index is 0.175. The Hall–Kier alpha value is -2.81. The Balaban J connectivity index is 1.54. The van der Waals surface area contributed by atoms with E-state index >= 15 is 0 Å². The van der Waals surface area contributed by atoms with E-state index in [0.29, 0.717) is 6.54 Å². The average Bonchev–Trinajstić information content (AvgIpc) is 2.56. The fraction of sp³-hybridized carbons (Fsp3) is 0.105. The van der Waals surface area contributed by atoms with Crippen molar-refractivity contribution in [3.8, 4) is 0 Å². The van der Waals surface area contributed by atoms with E-state index in [2.05, 4.69) is 28.8 Å². The predicted molar refractivity (Wildman–Crippen MR) is 91.1 cm³/mol. The van der Waals surface area contributed by atoms with E-state index < -0.39 is 0 Å². The zero-order valence-electron chi connectivity index (χ0n) is 12.3. The largest absolute Gasteiger partial charge is 0.338 e. The number of fused-ring (bicyclic) bond motifs is 1. The molecule has 22 heavy (non-hydrogen) atoms. The molecule has 0 aliphatic heterocycles. The van der Waals surface area contributed by atoms with Gasteiger partial charge in [0.2, 0.25) is 0 Å². The molecule has 3 aromatic rings. The maximum Gasteiger partial charge on any atom is 0.319 e. The smallest absolute Gasteiger partial charge is 0.319 e. The summed E-state index contributed by atoms with van der Waals surface area (Å²) >= 11 is 0. The molecule has 0 aromatic heterocycles. The molecule has 0 atom stereocenters. The summed E-state index contributed by atoms with van der Waals surface area (Å²) in [6, 6.07) is 23.9. The van der Waals surface area contributed by atoms with Gasteiger partial charge in [0, 0.05) is 12.2 Å². The van der Waals surface area contributed by atoms with E-state index in [1.165, 1.54) is 5.56 Å². The lowest BCUT2D eigenvalue weighted by molar-refractivity contribution is 0.252. The van der Waals surface area contributed by atoms with Crippen LogP contribution in [0.15, 0.2) is 72.8 Å². The monoisotopic (exact) mass is 290 g/mol. The van der Waals surface area contributed by atoms with E-state index in [1.54, 1.807) is 0 Å². The summed E-state index contributed by atoms with van der Waals surface area (Å²) in [6.45, 7) is 0.615. The number of carbonyl (C=O) groups excluding carboxylic acids is 1. The van der Waals surface area contributed by atoms with Gasteiger partial charge in [-0.1, -0.05) is 60.7 Å². The molecule has 110 valence electrons. The Labute approximate surface area is 130 Å². The Morgan fingerprint density at radius 2 is 1.55 bits per heavy atom. The second kappa shape index (κ2) is 6.76. The highest BCUT2D eigenvalue weighted by Gasteiger charge is 2.02. The SMILES string of the molecule is O=C(NCCc1ccccc1)Nc1ccc2ccccc2c1. The van der Waals surface area contributed by atoms with Gasteiger partial charge in [0.25, 0.3) is 0 Å². The minimum Gasteiger partial charge on any atom is -0.338 e. The van der Waals surface area contributed by atoms with Gasteiger partial charge >= 0.3 is 6.03 Å². The first-order valence-corrected chi connectivity index (χ1v) is 7.39. The third kappa shape index (κ3) is 3.64. The van der Waals surface area contributed by atoms with Crippen molar-refractivity contribution in [1.82, 2.24) is 5.32 Å². The number of urea groups is 1. The minimum atomic E-state index is -0.175. The molecule has 2 amide bonds. The number of rotatable bonds is 4. The summed E-state index contributed by atoms with van der Waals surface area (Å²) in [5, 5.41) is 8.03. The first-order valence-electron chi connectivity index (χ1n) is 7.39. The van der Waals surface area contributed by atoms with Gasteiger partial charge in [-0.05, 0) is 34.9 Å². The molecule has 3 rings (SSSR count). The van der Waals surface area contributed by atoms with Crippen LogP contribution in [0.3, 0.4) is 0 Å². The zero-order valence-corrected chi connectivity index (χ0v) is 12.3. The van der Waals surface area contributed by atoms with Gasteiger partial charge in [-0.3, -0.25) is 0 Å². The van der Waals surface area contributed by atoms with E-state index in [4.69, 9.17) is 0 Å². The zero-order chi connectivity index (χ0) is 15.2. The second-order valence-electron chi connectivity index (χ2n) is 5.18. The average molecular weight is 290 g/mol. The highest BCUT2D eigenvalue weighted by Crippen LogP contribution is 2.18. The molecule has 3 aromatic carbocycles. The summed E-state index contributed by atoms with van der Waals surface area (Å²) in [5.41, 5.74) is 2.02. The van der Waals surface area contributed by atoms with Gasteiger partial charge in [-0.2, -0.15) is 0 Å². The molecule has 0 spiro atoms. The van der Waals surface area contributed by atoms with Crippen molar-refractivity contribution in [1.29, 1.82) is 0 Å². The maximum absolute atomic E-state index is 11.9. The Bertz CT molecular complexity index is 769. The second-order valence-corrected chi connectivity index (χ2v) is 5.18. The van der Waals surface area contributed by atoms with Gasteiger partial charge in [0.15, 0.2) is 0 Å². The fourth-order valence-electron chi connectivity index (χ4n) is 2.41. The lowest BCUT2D eigenvalue weighted by Gasteiger charge is -2.08. The molecule has 0 heterocycles. The van der Waals surface area contributed by atoms with Crippen molar-refractivity contribution in [2.75, 3.05) is 11.9 Å². The molecule has 0 unspecified atom stereocenters. The van der Waals surface area contributed by atoms with E-state index in [1.807, 2.05) is 54.6 Å². The molecule has 3 nitrogen and oxygen atoms in total. The quantitative estimate of drug-likeness (QED) is 0.742. The van der Waals surface area contributed by atoms with Crippen molar-refractivity contribution in [2.24, 2.45) is 0 Å². The highest BCUT2D eigenvalue weighted by atomic mass is 16.2. The van der Waals surface area contributed by atoms with Gasteiger partial charge in [0.05, 0.1) is 0 Å². The van der Waals surface area contributed by atoms with Crippen molar-refractivity contribution < 1.29 is 4.79 Å². The predicted octanol–water partition coefficient (Wildman–Crippen LogP) is 4.20. The van der Waals surface area contributed by atoms with Gasteiger partial charge in [-0.15, -0.1) is 0 Å². The number of amides is 2. The maximum atomic E-state index is 11.9. The summed E-state index contributed by atoms with van der Waals surface area (Å²) in [7, 11) is 0. The topological polar surface area (TPSA) is 41.1 Å². The van der Waals surface area contributed by atoms with Gasteiger partial charge in [-0.25, -0.2) is 4.79 Å². The van der Waals surface area contributed by atoms with Crippen molar-refractivity contribution in [3.05, 3.63) is 78.4 Å². The van der Waals surface area contributed by atoms with Gasteiger partial charge < -0.3 is 10.6 Å². The van der Waals surface area contributed by atoms with Crippen LogP contribution in [0.4, 0.5) is 10.5 Å². The Morgan fingerprint density at radius 1 is 0.818 bits per heavy atom. The van der Waals surface area contributed by atoms with E-state index in [-0.39, 0.29) is 6.03 Å². The lowest BCUT2D eigenvalue weighted by Crippen LogP contribution is -2.30. The van der Waals surface area contributed by atoms with Crippen molar-refractivity contribution >= 4 is 22.5 Å². The van der Waals surface area contributed by atoms with E-state index in [0.717, 1.165) is 22.9 Å². The first-order chi connectivity index (χ1) is 10.8. The lowest BCUT2D eigenvalue weighted by atomic mass is 10.1. The van der Waals surface area contributed by atoms with Crippen LogP contribution in [-0.2, 0) is 6.42 Å². The molecule has 2 N–H and O–H groups in total. The van der Waals surface area contributed by atoms with Crippen molar-refractivity contribution in [3.63, 3.8) is 0 Å². The van der Waals surface area contributed by atoms with Crippen LogP contribution in [0.1, 0.15) is 5.56 Å². The molecular formula is C19H18N2O. The molecule has 0 aliphatic rings. The van der Waals surface area contributed by atoms with Gasteiger partial charge in [0.1, 0.15) is 0 Å². The molecule has 0 bridgehead atoms. The number of anilines is 1. The first kappa shape index (κ1) is 14.1. The Kier molecular flexibility index (Phi) is 4.35. The van der Waals surface area contributed by atoms with Crippen LogP contribution in [0.5, 0.6) is 0 Å². The standard InChI is InChI=1S/C19H18N2O/c22-19(20-13-12-15-6-2-1-3-7-15)21-18-11-10-16-8-4-5-9-17(16)14-18/h1-11,14H,12-13H2,(H2,20,21,22). The number of carbonyl (C=O) groups is 1. The third-order valence-electron chi connectivity index (χ3n) is 3.55. The fourth-order valence-corrected chi connectivity index (χ4v) is 2.41. The number of hydrogen-bond acceptors (Lipinski definition) is 1. The summed E-state index contributed by atoms with van der Waals surface area (Å²) in [4.78, 5) is 11.9. The van der Waals surface area contributed by atoms with E-state index in [9.17, 15) is 4.79 Å². The van der Waals surface area contributed by atoms with Crippen LogP contribution >= 0.6 is 0 Å². The number of hydrogen-bond donors (Lipinski definition) is 2. The molecular weight excluding hydrogens is 272 g/mol. The van der Waals surface area contributed by atoms with Crippen LogP contribution in [-0.4, -0.2) is 12.6 Å². The number of benzene rings is 3.